The van der Waals surface area contributed by atoms with Crippen LogP contribution in [0, 0.1) is 0 Å². The van der Waals surface area contributed by atoms with Crippen molar-refractivity contribution in [1.82, 2.24) is 9.80 Å². The van der Waals surface area contributed by atoms with Gasteiger partial charge in [0.2, 0.25) is 0 Å². The van der Waals surface area contributed by atoms with Gasteiger partial charge in [0.05, 0.1) is 0 Å². The number of piperidine rings is 1. The second-order valence-electron chi connectivity index (χ2n) is 5.85. The van der Waals surface area contributed by atoms with Gasteiger partial charge in [0.15, 0.2) is 0 Å². The van der Waals surface area contributed by atoms with E-state index in [1.807, 2.05) is 4.90 Å². The highest BCUT2D eigenvalue weighted by Gasteiger charge is 2.48. The van der Waals surface area contributed by atoms with E-state index >= 15 is 0 Å². The average Bonchev–Trinajstić information content (AvgIpc) is 2.14. The maximum atomic E-state index is 11.9. The lowest BCUT2D eigenvalue weighted by molar-refractivity contribution is -0.162. The minimum absolute atomic E-state index is 0.134. The third kappa shape index (κ3) is 1.84. The molecule has 3 aliphatic rings. The Bertz CT molecular complexity index is 284. The van der Waals surface area contributed by atoms with Crippen molar-refractivity contribution in [3.63, 3.8) is 0 Å². The number of fused-ring (bicyclic) bond motifs is 2. The largest absolute Gasteiger partial charge is 0.381 e. The maximum Gasteiger partial charge on any atom is 0.254 e. The van der Waals surface area contributed by atoms with Crippen LogP contribution in [0.1, 0.15) is 34.1 Å². The predicted octanol–water partition coefficient (Wildman–Crippen LogP) is 0.451. The van der Waals surface area contributed by atoms with Crippen molar-refractivity contribution in [2.24, 2.45) is 0 Å². The van der Waals surface area contributed by atoms with E-state index < -0.39 is 5.60 Å². The summed E-state index contributed by atoms with van der Waals surface area (Å²) in [6, 6.07) is 1.57. The van der Waals surface area contributed by atoms with E-state index in [9.17, 15) is 9.90 Å². The number of hydrogen-bond acceptors (Lipinski definition) is 3. The molecule has 0 spiro atoms. The Balaban J connectivity index is 1.99. The van der Waals surface area contributed by atoms with Crippen molar-refractivity contribution in [2.75, 3.05) is 13.1 Å². The molecule has 92 valence electrons. The molecule has 16 heavy (non-hydrogen) atoms. The summed E-state index contributed by atoms with van der Waals surface area (Å²) in [5.74, 6) is -0.134. The van der Waals surface area contributed by atoms with Gasteiger partial charge in [0.25, 0.3) is 5.91 Å². The summed E-state index contributed by atoms with van der Waals surface area (Å²) < 4.78 is 0. The molecule has 4 nitrogen and oxygen atoms in total. The van der Waals surface area contributed by atoms with Gasteiger partial charge in [-0.25, -0.2) is 0 Å². The normalized spacial score (nSPS) is 30.5. The van der Waals surface area contributed by atoms with Crippen LogP contribution in [0.2, 0.25) is 0 Å². The lowest BCUT2D eigenvalue weighted by Crippen LogP contribution is -2.72. The predicted molar refractivity (Wildman–Crippen MR) is 62.0 cm³/mol. The molecule has 1 amide bonds. The average molecular weight is 226 g/mol. The number of piperazine rings is 1. The minimum Gasteiger partial charge on any atom is -0.381 e. The lowest BCUT2D eigenvalue weighted by atomic mass is 9.85. The Morgan fingerprint density at radius 2 is 1.81 bits per heavy atom. The Labute approximate surface area is 97.2 Å². The number of hydrogen-bond donors (Lipinski definition) is 1. The van der Waals surface area contributed by atoms with Gasteiger partial charge in [-0.3, -0.25) is 9.69 Å². The van der Waals surface area contributed by atoms with Crippen LogP contribution >= 0.6 is 0 Å². The first kappa shape index (κ1) is 11.9. The first-order valence-electron chi connectivity index (χ1n) is 6.10. The molecule has 0 aromatic carbocycles. The maximum absolute atomic E-state index is 11.9. The molecule has 2 bridgehead atoms. The molecule has 0 saturated carbocycles. The molecule has 3 aliphatic heterocycles. The van der Waals surface area contributed by atoms with E-state index in [-0.39, 0.29) is 5.91 Å². The zero-order chi connectivity index (χ0) is 12.1. The number of aliphatic hydroxyl groups is 1. The number of carbonyl (C=O) groups excluding carboxylic acids is 1. The highest BCUT2D eigenvalue weighted by molar-refractivity contribution is 5.84. The molecule has 3 saturated heterocycles. The fraction of sp³-hybridized carbons (Fsp3) is 0.917. The topological polar surface area (TPSA) is 43.8 Å². The SMILES string of the molecule is CC(C)N1C2CC1CN(C(=O)C(C)(C)O)C2. The summed E-state index contributed by atoms with van der Waals surface area (Å²) in [5.41, 5.74) is -1.23. The third-order valence-electron chi connectivity index (χ3n) is 3.66. The van der Waals surface area contributed by atoms with Crippen molar-refractivity contribution in [3.8, 4) is 0 Å². The molecule has 0 aromatic rings. The fourth-order valence-electron chi connectivity index (χ4n) is 3.03. The van der Waals surface area contributed by atoms with Gasteiger partial charge in [0, 0.05) is 31.2 Å². The van der Waals surface area contributed by atoms with Crippen molar-refractivity contribution in [2.45, 2.75) is 57.8 Å². The number of amides is 1. The van der Waals surface area contributed by atoms with Crippen LogP contribution in [0.4, 0.5) is 0 Å². The van der Waals surface area contributed by atoms with Crippen LogP contribution in [0.25, 0.3) is 0 Å². The van der Waals surface area contributed by atoms with E-state index in [4.69, 9.17) is 0 Å². The van der Waals surface area contributed by atoms with E-state index in [0.29, 0.717) is 18.1 Å². The standard InChI is InChI=1S/C12H22N2O2/c1-8(2)14-9-5-10(14)7-13(6-9)11(15)12(3,4)16/h8-10,16H,5-7H2,1-4H3. The van der Waals surface area contributed by atoms with Gasteiger partial charge >= 0.3 is 0 Å². The van der Waals surface area contributed by atoms with Crippen LogP contribution in [-0.4, -0.2) is 57.6 Å². The molecule has 4 heteroatoms. The summed E-state index contributed by atoms with van der Waals surface area (Å²) in [6.07, 6.45) is 1.20. The highest BCUT2D eigenvalue weighted by atomic mass is 16.3. The molecular weight excluding hydrogens is 204 g/mol. The summed E-state index contributed by atoms with van der Waals surface area (Å²) in [7, 11) is 0. The lowest BCUT2D eigenvalue weighted by Gasteiger charge is -2.58. The molecule has 3 fully saturated rings. The van der Waals surface area contributed by atoms with Crippen LogP contribution in [-0.2, 0) is 4.79 Å². The first-order chi connectivity index (χ1) is 7.30. The minimum atomic E-state index is -1.23. The Morgan fingerprint density at radius 1 is 1.31 bits per heavy atom. The number of nitrogens with zero attached hydrogens (tertiary/aromatic N) is 2. The number of rotatable bonds is 2. The molecular formula is C12H22N2O2. The fourth-order valence-corrected chi connectivity index (χ4v) is 3.03. The molecule has 0 radical (unpaired) electrons. The molecule has 2 unspecified atom stereocenters. The van der Waals surface area contributed by atoms with Gasteiger partial charge in [-0.15, -0.1) is 0 Å². The summed E-state index contributed by atoms with van der Waals surface area (Å²) in [5, 5.41) is 9.71. The van der Waals surface area contributed by atoms with Crippen LogP contribution in [0.15, 0.2) is 0 Å². The van der Waals surface area contributed by atoms with Crippen molar-refractivity contribution in [3.05, 3.63) is 0 Å². The van der Waals surface area contributed by atoms with Gasteiger partial charge in [-0.2, -0.15) is 0 Å². The first-order valence-corrected chi connectivity index (χ1v) is 6.10. The van der Waals surface area contributed by atoms with Gasteiger partial charge in [0.1, 0.15) is 5.60 Å². The summed E-state index contributed by atoms with van der Waals surface area (Å²) in [4.78, 5) is 16.2. The van der Waals surface area contributed by atoms with Crippen molar-refractivity contribution in [1.29, 1.82) is 0 Å². The Kier molecular flexibility index (Phi) is 2.75. The molecule has 0 aromatic heterocycles. The Morgan fingerprint density at radius 3 is 2.19 bits per heavy atom. The van der Waals surface area contributed by atoms with Crippen molar-refractivity contribution < 1.29 is 9.90 Å². The van der Waals surface area contributed by atoms with E-state index in [2.05, 4.69) is 18.7 Å². The molecule has 2 atom stereocenters. The van der Waals surface area contributed by atoms with Gasteiger partial charge < -0.3 is 10.0 Å². The smallest absolute Gasteiger partial charge is 0.254 e. The van der Waals surface area contributed by atoms with Crippen LogP contribution in [0.5, 0.6) is 0 Å². The number of carbonyl (C=O) groups is 1. The molecule has 1 N–H and O–H groups in total. The summed E-state index contributed by atoms with van der Waals surface area (Å²) in [6.45, 7) is 9.08. The highest BCUT2D eigenvalue weighted by Crippen LogP contribution is 2.34. The molecule has 3 rings (SSSR count). The van der Waals surface area contributed by atoms with Crippen LogP contribution in [0.3, 0.4) is 0 Å². The summed E-state index contributed by atoms with van der Waals surface area (Å²) >= 11 is 0. The second kappa shape index (κ2) is 3.70. The van der Waals surface area contributed by atoms with Gasteiger partial charge in [-0.05, 0) is 34.1 Å². The van der Waals surface area contributed by atoms with Crippen molar-refractivity contribution >= 4 is 5.91 Å². The van der Waals surface area contributed by atoms with E-state index in [1.54, 1.807) is 13.8 Å². The molecule has 3 heterocycles. The quantitative estimate of drug-likeness (QED) is 0.743. The van der Waals surface area contributed by atoms with Crippen LogP contribution < -0.4 is 0 Å². The molecule has 0 aliphatic carbocycles. The zero-order valence-corrected chi connectivity index (χ0v) is 10.6. The van der Waals surface area contributed by atoms with Gasteiger partial charge in [-0.1, -0.05) is 0 Å². The zero-order valence-electron chi connectivity index (χ0n) is 10.6. The Hall–Kier alpha value is -0.610. The third-order valence-corrected chi connectivity index (χ3v) is 3.66. The monoisotopic (exact) mass is 226 g/mol. The second-order valence-corrected chi connectivity index (χ2v) is 5.85. The van der Waals surface area contributed by atoms with E-state index in [0.717, 1.165) is 13.1 Å². The van der Waals surface area contributed by atoms with E-state index in [1.165, 1.54) is 6.42 Å².